The van der Waals surface area contributed by atoms with Crippen molar-refractivity contribution in [3.05, 3.63) is 15.9 Å². The third-order valence-electron chi connectivity index (χ3n) is 3.87. The highest BCUT2D eigenvalue weighted by Gasteiger charge is 2.31. The monoisotopic (exact) mass is 267 g/mol. The molecule has 7 heteroatoms. The Bertz CT molecular complexity index is 483. The van der Waals surface area contributed by atoms with Crippen LogP contribution < -0.4 is 4.90 Å². The van der Waals surface area contributed by atoms with E-state index in [-0.39, 0.29) is 10.7 Å². The Morgan fingerprint density at radius 3 is 2.74 bits per heavy atom. The second kappa shape index (κ2) is 5.16. The molecule has 1 unspecified atom stereocenters. The predicted molar refractivity (Wildman–Crippen MR) is 73.5 cm³/mol. The molecule has 1 aromatic heterocycles. The lowest BCUT2D eigenvalue weighted by Gasteiger charge is -2.36. The first kappa shape index (κ1) is 13.8. The van der Waals surface area contributed by atoms with Crippen molar-refractivity contribution in [2.75, 3.05) is 32.1 Å². The highest BCUT2D eigenvalue weighted by molar-refractivity contribution is 5.56. The fourth-order valence-corrected chi connectivity index (χ4v) is 2.63. The van der Waals surface area contributed by atoms with Crippen LogP contribution in [-0.4, -0.2) is 52.6 Å². The van der Waals surface area contributed by atoms with Gasteiger partial charge in [-0.15, -0.1) is 0 Å². The first-order chi connectivity index (χ1) is 8.91. The smallest absolute Gasteiger partial charge is 0.358 e. The van der Waals surface area contributed by atoms with E-state index in [0.717, 1.165) is 25.9 Å². The molecule has 0 aromatic carbocycles. The van der Waals surface area contributed by atoms with Crippen molar-refractivity contribution in [3.8, 4) is 0 Å². The van der Waals surface area contributed by atoms with Crippen LogP contribution in [0.4, 0.5) is 11.6 Å². The van der Waals surface area contributed by atoms with Gasteiger partial charge in [-0.2, -0.15) is 0 Å². The van der Waals surface area contributed by atoms with E-state index in [9.17, 15) is 10.1 Å². The number of likely N-dealkylation sites (N-methyl/N-ethyl adjacent to an activating group) is 1. The molecule has 0 radical (unpaired) electrons. The van der Waals surface area contributed by atoms with Gasteiger partial charge >= 0.3 is 5.82 Å². The van der Waals surface area contributed by atoms with E-state index in [1.807, 2.05) is 11.6 Å². The van der Waals surface area contributed by atoms with Gasteiger partial charge in [0.1, 0.15) is 0 Å². The molecule has 106 valence electrons. The third-order valence-corrected chi connectivity index (χ3v) is 3.87. The number of hydrogen-bond donors (Lipinski definition) is 0. The zero-order valence-corrected chi connectivity index (χ0v) is 12.0. The lowest BCUT2D eigenvalue weighted by atomic mass is 10.1. The molecular weight excluding hydrogens is 246 g/mol. The minimum absolute atomic E-state index is 0.0283. The molecule has 2 rings (SSSR count). The summed E-state index contributed by atoms with van der Waals surface area (Å²) in [6.45, 7) is 3.46. The molecule has 1 aliphatic rings. The average Bonchev–Trinajstić information content (AvgIpc) is 2.66. The Morgan fingerprint density at radius 2 is 2.16 bits per heavy atom. The zero-order chi connectivity index (χ0) is 14.2. The quantitative estimate of drug-likeness (QED) is 0.607. The second-order valence-corrected chi connectivity index (χ2v) is 5.33. The van der Waals surface area contributed by atoms with Gasteiger partial charge in [-0.3, -0.25) is 4.57 Å². The maximum atomic E-state index is 11.1. The van der Waals surface area contributed by atoms with Crippen LogP contribution in [0, 0.1) is 17.0 Å². The Labute approximate surface area is 113 Å². The SMILES string of the molecule is Cc1nc([N+](=O)[O-])c(N2CCCC(N(C)C)C2)n1C. The maximum Gasteiger partial charge on any atom is 0.406 e. The Balaban J connectivity index is 2.33. The summed E-state index contributed by atoms with van der Waals surface area (Å²) < 4.78 is 1.82. The molecule has 1 saturated heterocycles. The number of aryl methyl sites for hydroxylation is 1. The molecule has 0 N–H and O–H groups in total. The Kier molecular flexibility index (Phi) is 3.75. The van der Waals surface area contributed by atoms with Crippen molar-refractivity contribution in [2.24, 2.45) is 7.05 Å². The van der Waals surface area contributed by atoms with E-state index < -0.39 is 0 Å². The number of aromatic nitrogens is 2. The normalized spacial score (nSPS) is 20.1. The van der Waals surface area contributed by atoms with E-state index in [4.69, 9.17) is 0 Å². The van der Waals surface area contributed by atoms with Gasteiger partial charge in [-0.25, -0.2) is 0 Å². The van der Waals surface area contributed by atoms with E-state index in [2.05, 4.69) is 28.9 Å². The number of nitrogens with zero attached hydrogens (tertiary/aromatic N) is 5. The molecule has 0 amide bonds. The van der Waals surface area contributed by atoms with Crippen LogP contribution in [0.1, 0.15) is 18.7 Å². The zero-order valence-electron chi connectivity index (χ0n) is 12.0. The van der Waals surface area contributed by atoms with Crippen molar-refractivity contribution >= 4 is 11.6 Å². The van der Waals surface area contributed by atoms with Gasteiger partial charge in [-0.05, 0) is 36.8 Å². The van der Waals surface area contributed by atoms with Gasteiger partial charge in [0, 0.05) is 33.1 Å². The minimum Gasteiger partial charge on any atom is -0.358 e. The molecule has 2 heterocycles. The van der Waals surface area contributed by atoms with Gasteiger partial charge < -0.3 is 19.9 Å². The van der Waals surface area contributed by atoms with Crippen molar-refractivity contribution in [3.63, 3.8) is 0 Å². The lowest BCUT2D eigenvalue weighted by molar-refractivity contribution is -0.388. The average molecular weight is 267 g/mol. The summed E-state index contributed by atoms with van der Waals surface area (Å²) in [6.07, 6.45) is 2.18. The van der Waals surface area contributed by atoms with Crippen LogP contribution in [0.3, 0.4) is 0 Å². The molecule has 7 nitrogen and oxygen atoms in total. The van der Waals surface area contributed by atoms with E-state index in [1.54, 1.807) is 6.92 Å². The fourth-order valence-electron chi connectivity index (χ4n) is 2.63. The molecule has 0 spiro atoms. The Hall–Kier alpha value is -1.63. The summed E-state index contributed by atoms with van der Waals surface area (Å²) in [5.74, 6) is 1.28. The van der Waals surface area contributed by atoms with Crippen LogP contribution in [0.15, 0.2) is 0 Å². The molecule has 1 fully saturated rings. The first-order valence-corrected chi connectivity index (χ1v) is 6.51. The summed E-state index contributed by atoms with van der Waals surface area (Å²) in [5.41, 5.74) is 0. The molecular formula is C12H21N5O2. The minimum atomic E-state index is -0.387. The summed E-state index contributed by atoms with van der Waals surface area (Å²) in [6, 6.07) is 0.434. The molecule has 0 aliphatic carbocycles. The topological polar surface area (TPSA) is 67.4 Å². The van der Waals surface area contributed by atoms with Gasteiger partial charge in [0.25, 0.3) is 0 Å². The highest BCUT2D eigenvalue weighted by Crippen LogP contribution is 2.30. The standard InChI is InChI=1S/C12H21N5O2/c1-9-13-11(17(18)19)12(15(9)4)16-7-5-6-10(8-16)14(2)3/h10H,5-8H2,1-4H3. The fraction of sp³-hybridized carbons (Fsp3) is 0.750. The van der Waals surface area contributed by atoms with Crippen molar-refractivity contribution < 1.29 is 4.92 Å². The Morgan fingerprint density at radius 1 is 1.47 bits per heavy atom. The molecule has 19 heavy (non-hydrogen) atoms. The lowest BCUT2D eigenvalue weighted by Crippen LogP contribution is -2.45. The predicted octanol–water partition coefficient (Wildman–Crippen LogP) is 1.17. The third kappa shape index (κ3) is 2.56. The van der Waals surface area contributed by atoms with Gasteiger partial charge in [0.2, 0.25) is 11.6 Å². The number of hydrogen-bond acceptors (Lipinski definition) is 5. The van der Waals surface area contributed by atoms with E-state index in [0.29, 0.717) is 17.7 Å². The summed E-state index contributed by atoms with van der Waals surface area (Å²) in [5, 5.41) is 11.1. The van der Waals surface area contributed by atoms with Crippen LogP contribution in [0.25, 0.3) is 0 Å². The van der Waals surface area contributed by atoms with Crippen molar-refractivity contribution in [2.45, 2.75) is 25.8 Å². The summed E-state index contributed by atoms with van der Waals surface area (Å²) in [7, 11) is 5.94. The van der Waals surface area contributed by atoms with Crippen LogP contribution in [-0.2, 0) is 7.05 Å². The summed E-state index contributed by atoms with van der Waals surface area (Å²) in [4.78, 5) is 19.1. The van der Waals surface area contributed by atoms with Gasteiger partial charge in [0.15, 0.2) is 0 Å². The molecule has 1 aliphatic heterocycles. The number of piperidine rings is 1. The number of rotatable bonds is 3. The molecule has 1 atom stereocenters. The largest absolute Gasteiger partial charge is 0.406 e. The van der Waals surface area contributed by atoms with Crippen LogP contribution in [0.5, 0.6) is 0 Å². The molecule has 0 bridgehead atoms. The number of nitro groups is 1. The highest BCUT2D eigenvalue weighted by atomic mass is 16.6. The van der Waals surface area contributed by atoms with E-state index >= 15 is 0 Å². The van der Waals surface area contributed by atoms with Crippen LogP contribution in [0.2, 0.25) is 0 Å². The molecule has 0 saturated carbocycles. The number of imidazole rings is 1. The van der Waals surface area contributed by atoms with Crippen molar-refractivity contribution in [1.82, 2.24) is 14.5 Å². The molecule has 1 aromatic rings. The van der Waals surface area contributed by atoms with Crippen molar-refractivity contribution in [1.29, 1.82) is 0 Å². The second-order valence-electron chi connectivity index (χ2n) is 5.33. The summed E-state index contributed by atoms with van der Waals surface area (Å²) >= 11 is 0. The first-order valence-electron chi connectivity index (χ1n) is 6.51. The maximum absolute atomic E-state index is 11.1. The van der Waals surface area contributed by atoms with Gasteiger partial charge in [0.05, 0.1) is 0 Å². The van der Waals surface area contributed by atoms with Crippen LogP contribution >= 0.6 is 0 Å². The van der Waals surface area contributed by atoms with E-state index in [1.165, 1.54) is 0 Å². The van der Waals surface area contributed by atoms with Gasteiger partial charge in [-0.1, -0.05) is 0 Å². The number of anilines is 1.